The average molecular weight is 349 g/mol. The third kappa shape index (κ3) is 4.44. The molecule has 2 atom stereocenters. The normalized spacial score (nSPS) is 20.2. The maximum Gasteiger partial charge on any atom is 0.271 e. The van der Waals surface area contributed by atoms with E-state index in [1.54, 1.807) is 12.3 Å². The first-order valence-electron chi connectivity index (χ1n) is 6.30. The molecule has 0 saturated carbocycles. The molecule has 2 rings (SSSR count). The summed E-state index contributed by atoms with van der Waals surface area (Å²) in [7, 11) is 0. The van der Waals surface area contributed by atoms with E-state index < -0.39 is 0 Å². The van der Waals surface area contributed by atoms with Crippen molar-refractivity contribution in [2.45, 2.75) is 25.8 Å². The zero-order chi connectivity index (χ0) is 13.0. The highest BCUT2D eigenvalue weighted by Gasteiger charge is 2.22. The van der Waals surface area contributed by atoms with E-state index in [1.807, 2.05) is 6.07 Å². The van der Waals surface area contributed by atoms with Crippen LogP contribution in [0.25, 0.3) is 0 Å². The molecule has 0 aromatic carbocycles. The summed E-state index contributed by atoms with van der Waals surface area (Å²) in [6.07, 6.45) is 3.97. The molecule has 1 aromatic heterocycles. The first kappa shape index (κ1) is 16.4. The van der Waals surface area contributed by atoms with E-state index in [9.17, 15) is 4.79 Å². The van der Waals surface area contributed by atoms with Crippen LogP contribution in [0.15, 0.2) is 22.8 Å². The molecule has 1 aliphatic rings. The van der Waals surface area contributed by atoms with Crippen molar-refractivity contribution in [2.75, 3.05) is 13.1 Å². The van der Waals surface area contributed by atoms with Crippen LogP contribution in [0.4, 0.5) is 0 Å². The second-order valence-electron chi connectivity index (χ2n) is 4.70. The Balaban J connectivity index is 0.00000180. The SMILES string of the molecule is CC(NC(=O)c1ncccc1Br)C1CCCNC1.Cl. The van der Waals surface area contributed by atoms with E-state index in [-0.39, 0.29) is 24.4 Å². The minimum atomic E-state index is -0.111. The van der Waals surface area contributed by atoms with Crippen molar-refractivity contribution >= 4 is 34.2 Å². The Morgan fingerprint density at radius 3 is 3.05 bits per heavy atom. The van der Waals surface area contributed by atoms with Crippen LogP contribution in [0.5, 0.6) is 0 Å². The third-order valence-corrected chi connectivity index (χ3v) is 4.01. The van der Waals surface area contributed by atoms with Gasteiger partial charge in [0.05, 0.1) is 0 Å². The Morgan fingerprint density at radius 2 is 2.42 bits per heavy atom. The fourth-order valence-electron chi connectivity index (χ4n) is 2.25. The highest BCUT2D eigenvalue weighted by molar-refractivity contribution is 9.10. The molecule has 0 radical (unpaired) electrons. The van der Waals surface area contributed by atoms with Crippen LogP contribution in [-0.2, 0) is 0 Å². The van der Waals surface area contributed by atoms with Crippen molar-refractivity contribution in [1.82, 2.24) is 15.6 Å². The molecule has 6 heteroatoms. The van der Waals surface area contributed by atoms with E-state index in [0.717, 1.165) is 24.0 Å². The van der Waals surface area contributed by atoms with Crippen LogP contribution < -0.4 is 10.6 Å². The summed E-state index contributed by atoms with van der Waals surface area (Å²) in [4.78, 5) is 16.2. The highest BCUT2D eigenvalue weighted by atomic mass is 79.9. The maximum absolute atomic E-state index is 12.1. The van der Waals surface area contributed by atoms with Gasteiger partial charge in [0.15, 0.2) is 0 Å². The van der Waals surface area contributed by atoms with Crippen LogP contribution in [0.3, 0.4) is 0 Å². The molecular weight excluding hydrogens is 330 g/mol. The Morgan fingerprint density at radius 1 is 1.63 bits per heavy atom. The lowest BCUT2D eigenvalue weighted by molar-refractivity contribution is 0.0916. The number of carbonyl (C=O) groups excluding carboxylic acids is 1. The van der Waals surface area contributed by atoms with Crippen molar-refractivity contribution in [3.8, 4) is 0 Å². The van der Waals surface area contributed by atoms with Crippen molar-refractivity contribution in [1.29, 1.82) is 0 Å². The molecule has 1 saturated heterocycles. The second kappa shape index (κ2) is 7.82. The predicted octanol–water partition coefficient (Wildman–Crippen LogP) is 2.38. The Hall–Kier alpha value is -0.650. The smallest absolute Gasteiger partial charge is 0.271 e. The van der Waals surface area contributed by atoms with Crippen molar-refractivity contribution in [3.63, 3.8) is 0 Å². The number of rotatable bonds is 3. The predicted molar refractivity (Wildman–Crippen MR) is 81.7 cm³/mol. The number of piperidine rings is 1. The van der Waals surface area contributed by atoms with E-state index in [4.69, 9.17) is 0 Å². The van der Waals surface area contributed by atoms with Gasteiger partial charge in [-0.25, -0.2) is 4.98 Å². The quantitative estimate of drug-likeness (QED) is 0.882. The number of aromatic nitrogens is 1. The topological polar surface area (TPSA) is 54.0 Å². The first-order valence-corrected chi connectivity index (χ1v) is 7.10. The Kier molecular flexibility index (Phi) is 6.75. The Bertz CT molecular complexity index is 424. The fourth-order valence-corrected chi connectivity index (χ4v) is 2.69. The van der Waals surface area contributed by atoms with Gasteiger partial charge in [-0.1, -0.05) is 0 Å². The van der Waals surface area contributed by atoms with Crippen LogP contribution in [0, 0.1) is 5.92 Å². The number of amides is 1. The molecule has 0 aliphatic carbocycles. The van der Waals surface area contributed by atoms with Gasteiger partial charge in [0, 0.05) is 16.7 Å². The molecule has 2 heterocycles. The molecule has 19 heavy (non-hydrogen) atoms. The number of nitrogens with one attached hydrogen (secondary N) is 2. The standard InChI is InChI=1S/C13H18BrN3O.ClH/c1-9(10-4-2-6-15-8-10)17-13(18)12-11(14)5-3-7-16-12;/h3,5,7,9-10,15H,2,4,6,8H2,1H3,(H,17,18);1H. The summed E-state index contributed by atoms with van der Waals surface area (Å²) in [6, 6.07) is 3.79. The first-order chi connectivity index (χ1) is 8.68. The maximum atomic E-state index is 12.1. The summed E-state index contributed by atoms with van der Waals surface area (Å²) in [5, 5.41) is 6.40. The minimum Gasteiger partial charge on any atom is -0.348 e. The van der Waals surface area contributed by atoms with E-state index in [2.05, 4.69) is 38.5 Å². The van der Waals surface area contributed by atoms with Crippen molar-refractivity contribution < 1.29 is 4.79 Å². The van der Waals surface area contributed by atoms with Gasteiger partial charge in [-0.3, -0.25) is 4.79 Å². The van der Waals surface area contributed by atoms with Gasteiger partial charge >= 0.3 is 0 Å². The summed E-state index contributed by atoms with van der Waals surface area (Å²) >= 11 is 3.35. The summed E-state index contributed by atoms with van der Waals surface area (Å²) in [6.45, 7) is 4.13. The molecule has 2 N–H and O–H groups in total. The summed E-state index contributed by atoms with van der Waals surface area (Å²) in [5.41, 5.74) is 0.452. The van der Waals surface area contributed by atoms with Gasteiger partial charge < -0.3 is 10.6 Å². The molecule has 0 bridgehead atoms. The van der Waals surface area contributed by atoms with E-state index in [1.165, 1.54) is 6.42 Å². The second-order valence-corrected chi connectivity index (χ2v) is 5.56. The van der Waals surface area contributed by atoms with Crippen LogP contribution in [-0.4, -0.2) is 30.0 Å². The molecule has 4 nitrogen and oxygen atoms in total. The number of hydrogen-bond acceptors (Lipinski definition) is 3. The zero-order valence-electron chi connectivity index (χ0n) is 10.9. The average Bonchev–Trinajstić information content (AvgIpc) is 2.40. The molecule has 1 fully saturated rings. The number of pyridine rings is 1. The monoisotopic (exact) mass is 347 g/mol. The van der Waals surface area contributed by atoms with Gasteiger partial charge in [0.2, 0.25) is 0 Å². The van der Waals surface area contributed by atoms with Gasteiger partial charge in [0.25, 0.3) is 5.91 Å². The Labute approximate surface area is 128 Å². The lowest BCUT2D eigenvalue weighted by atomic mass is 9.93. The molecule has 1 amide bonds. The molecule has 2 unspecified atom stereocenters. The highest BCUT2D eigenvalue weighted by Crippen LogP contribution is 2.16. The van der Waals surface area contributed by atoms with Crippen molar-refractivity contribution in [2.24, 2.45) is 5.92 Å². The summed E-state index contributed by atoms with van der Waals surface area (Å²) in [5.74, 6) is 0.394. The lowest BCUT2D eigenvalue weighted by Gasteiger charge is -2.28. The van der Waals surface area contributed by atoms with Gasteiger partial charge in [0.1, 0.15) is 5.69 Å². The molecule has 106 valence electrons. The molecule has 1 aliphatic heterocycles. The molecule has 1 aromatic rings. The molecule has 0 spiro atoms. The van der Waals surface area contributed by atoms with Gasteiger partial charge in [-0.15, -0.1) is 12.4 Å². The number of carbonyl (C=O) groups is 1. The van der Waals surface area contributed by atoms with Gasteiger partial charge in [-0.05, 0) is 66.8 Å². The number of nitrogens with zero attached hydrogens (tertiary/aromatic N) is 1. The number of halogens is 2. The van der Waals surface area contributed by atoms with Gasteiger partial charge in [-0.2, -0.15) is 0 Å². The zero-order valence-corrected chi connectivity index (χ0v) is 13.3. The fraction of sp³-hybridized carbons (Fsp3) is 0.538. The van der Waals surface area contributed by atoms with Crippen molar-refractivity contribution in [3.05, 3.63) is 28.5 Å². The van der Waals surface area contributed by atoms with Crippen LogP contribution in [0.1, 0.15) is 30.3 Å². The van der Waals surface area contributed by atoms with Crippen LogP contribution >= 0.6 is 28.3 Å². The molecular formula is C13H19BrClN3O. The minimum absolute atomic E-state index is 0. The summed E-state index contributed by atoms with van der Waals surface area (Å²) < 4.78 is 0.733. The lowest BCUT2D eigenvalue weighted by Crippen LogP contribution is -2.44. The largest absolute Gasteiger partial charge is 0.348 e. The van der Waals surface area contributed by atoms with Crippen LogP contribution in [0.2, 0.25) is 0 Å². The third-order valence-electron chi connectivity index (χ3n) is 3.37. The van der Waals surface area contributed by atoms with E-state index in [0.29, 0.717) is 11.6 Å². The van der Waals surface area contributed by atoms with E-state index >= 15 is 0 Å². The number of hydrogen-bond donors (Lipinski definition) is 2.